The third kappa shape index (κ3) is 3.72. The summed E-state index contributed by atoms with van der Waals surface area (Å²) >= 11 is 0. The number of carbonyl (C=O) groups excluding carboxylic acids is 2. The number of hydrogen-bond acceptors (Lipinski definition) is 6. The van der Waals surface area contributed by atoms with Gasteiger partial charge < -0.3 is 5.11 Å². The lowest BCUT2D eigenvalue weighted by molar-refractivity contribution is -0.132. The predicted molar refractivity (Wildman–Crippen MR) is 113 cm³/mol. The molecule has 1 saturated heterocycles. The maximum atomic E-state index is 13.0. The van der Waals surface area contributed by atoms with Crippen molar-refractivity contribution in [3.05, 3.63) is 95.8 Å². The van der Waals surface area contributed by atoms with Crippen molar-refractivity contribution in [2.75, 3.05) is 4.90 Å². The average Bonchev–Trinajstić information content (AvgIpc) is 3.04. The van der Waals surface area contributed by atoms with Crippen molar-refractivity contribution in [3.8, 4) is 0 Å². The number of aromatic nitrogens is 1. The number of sulfonamides is 1. The lowest BCUT2D eigenvalue weighted by Gasteiger charge is -2.25. The molecule has 1 atom stereocenters. The quantitative estimate of drug-likeness (QED) is 0.367. The minimum atomic E-state index is -3.92. The van der Waals surface area contributed by atoms with Gasteiger partial charge in [0.25, 0.3) is 11.7 Å². The number of rotatable bonds is 4. The summed E-state index contributed by atoms with van der Waals surface area (Å²) in [5.74, 6) is -2.02. The Morgan fingerprint density at radius 2 is 1.65 bits per heavy atom. The maximum absolute atomic E-state index is 13.0. The van der Waals surface area contributed by atoms with Crippen molar-refractivity contribution in [1.82, 2.24) is 4.98 Å². The van der Waals surface area contributed by atoms with E-state index in [0.717, 1.165) is 0 Å². The molecule has 2 aromatic carbocycles. The third-order valence-electron chi connectivity index (χ3n) is 4.94. The van der Waals surface area contributed by atoms with E-state index in [1.54, 1.807) is 48.7 Å². The van der Waals surface area contributed by atoms with Crippen LogP contribution in [0.5, 0.6) is 0 Å². The van der Waals surface area contributed by atoms with Crippen molar-refractivity contribution in [3.63, 3.8) is 0 Å². The zero-order valence-corrected chi connectivity index (χ0v) is 16.9. The molecule has 3 aromatic rings. The topological polar surface area (TPSA) is 131 Å². The highest BCUT2D eigenvalue weighted by atomic mass is 32.2. The van der Waals surface area contributed by atoms with E-state index in [0.29, 0.717) is 11.1 Å². The number of ketones is 1. The Hall–Kier alpha value is -3.82. The van der Waals surface area contributed by atoms with E-state index in [-0.39, 0.29) is 21.9 Å². The molecule has 8 nitrogen and oxygen atoms in total. The summed E-state index contributed by atoms with van der Waals surface area (Å²) in [6.07, 6.45) is 3.05. The van der Waals surface area contributed by atoms with Crippen LogP contribution in [0, 0.1) is 0 Å². The van der Waals surface area contributed by atoms with E-state index in [1.807, 2.05) is 0 Å². The lowest BCUT2D eigenvalue weighted by atomic mass is 9.96. The highest BCUT2D eigenvalue weighted by molar-refractivity contribution is 7.89. The number of anilines is 1. The molecule has 3 N–H and O–H groups in total. The first kappa shape index (κ1) is 20.5. The van der Waals surface area contributed by atoms with E-state index in [9.17, 15) is 23.1 Å². The monoisotopic (exact) mass is 435 g/mol. The molecule has 1 unspecified atom stereocenters. The summed E-state index contributed by atoms with van der Waals surface area (Å²) in [4.78, 5) is 31.1. The Morgan fingerprint density at radius 3 is 2.23 bits per heavy atom. The number of aliphatic hydroxyl groups is 1. The molecular weight excluding hydrogens is 418 g/mol. The van der Waals surface area contributed by atoms with Gasteiger partial charge in [0.1, 0.15) is 5.76 Å². The molecule has 0 spiro atoms. The second kappa shape index (κ2) is 7.78. The van der Waals surface area contributed by atoms with Crippen molar-refractivity contribution in [2.24, 2.45) is 5.14 Å². The maximum Gasteiger partial charge on any atom is 0.300 e. The molecule has 1 amide bonds. The fourth-order valence-electron chi connectivity index (χ4n) is 3.50. The third-order valence-corrected chi connectivity index (χ3v) is 5.86. The number of carbonyl (C=O) groups is 2. The van der Waals surface area contributed by atoms with Gasteiger partial charge in [-0.25, -0.2) is 13.6 Å². The lowest BCUT2D eigenvalue weighted by Crippen LogP contribution is -2.29. The molecule has 0 aliphatic carbocycles. The molecule has 1 fully saturated rings. The van der Waals surface area contributed by atoms with E-state index in [2.05, 4.69) is 4.98 Å². The van der Waals surface area contributed by atoms with Crippen molar-refractivity contribution in [1.29, 1.82) is 0 Å². The van der Waals surface area contributed by atoms with Gasteiger partial charge in [-0.05, 0) is 35.9 Å². The summed E-state index contributed by atoms with van der Waals surface area (Å²) in [5, 5.41) is 16.1. The molecular formula is C22H17N3O5S. The number of primary sulfonamides is 1. The Balaban J connectivity index is 1.91. The van der Waals surface area contributed by atoms with Crippen LogP contribution in [0.1, 0.15) is 17.2 Å². The van der Waals surface area contributed by atoms with Crippen LogP contribution in [0.3, 0.4) is 0 Å². The normalized spacial score (nSPS) is 18.4. The largest absolute Gasteiger partial charge is 0.507 e. The number of nitrogens with two attached hydrogens (primary N) is 1. The van der Waals surface area contributed by atoms with Gasteiger partial charge in [0.2, 0.25) is 10.0 Å². The Morgan fingerprint density at radius 1 is 0.968 bits per heavy atom. The van der Waals surface area contributed by atoms with E-state index < -0.39 is 27.8 Å². The molecule has 0 bridgehead atoms. The Bertz CT molecular complexity index is 1290. The van der Waals surface area contributed by atoms with Crippen molar-refractivity contribution >= 4 is 33.2 Å². The van der Waals surface area contributed by atoms with Gasteiger partial charge in [-0.15, -0.1) is 0 Å². The van der Waals surface area contributed by atoms with Crippen LogP contribution in [0.25, 0.3) is 5.76 Å². The minimum absolute atomic E-state index is 0.0836. The number of benzene rings is 2. The van der Waals surface area contributed by atoms with Crippen molar-refractivity contribution in [2.45, 2.75) is 10.9 Å². The summed E-state index contributed by atoms with van der Waals surface area (Å²) in [6.45, 7) is 0. The molecule has 1 aliphatic heterocycles. The molecule has 1 aromatic heterocycles. The van der Waals surface area contributed by atoms with Crippen molar-refractivity contribution < 1.29 is 23.1 Å². The smallest absolute Gasteiger partial charge is 0.300 e. The number of Topliss-reactive ketones (excluding diaryl/α,β-unsaturated/α-hetero) is 1. The second-order valence-electron chi connectivity index (χ2n) is 6.86. The molecule has 2 heterocycles. The van der Waals surface area contributed by atoms with Crippen LogP contribution < -0.4 is 10.0 Å². The van der Waals surface area contributed by atoms with Gasteiger partial charge in [0.15, 0.2) is 0 Å². The second-order valence-corrected chi connectivity index (χ2v) is 8.42. The summed E-state index contributed by atoms with van der Waals surface area (Å²) in [7, 11) is -3.92. The molecule has 4 rings (SSSR count). The number of aliphatic hydroxyl groups excluding tert-OH is 1. The van der Waals surface area contributed by atoms with Gasteiger partial charge in [-0.1, -0.05) is 36.4 Å². The van der Waals surface area contributed by atoms with Crippen LogP contribution >= 0.6 is 0 Å². The van der Waals surface area contributed by atoms with E-state index in [4.69, 9.17) is 5.14 Å². The predicted octanol–water partition coefficient (Wildman–Crippen LogP) is 2.36. The summed E-state index contributed by atoms with van der Waals surface area (Å²) in [5.41, 5.74) is 1.09. The Kier molecular flexibility index (Phi) is 5.14. The average molecular weight is 435 g/mol. The minimum Gasteiger partial charge on any atom is -0.507 e. The summed E-state index contributed by atoms with van der Waals surface area (Å²) < 4.78 is 23.1. The number of pyridine rings is 1. The van der Waals surface area contributed by atoms with Crippen LogP contribution in [0.15, 0.2) is 89.6 Å². The van der Waals surface area contributed by atoms with E-state index in [1.165, 1.54) is 35.4 Å². The highest BCUT2D eigenvalue weighted by Crippen LogP contribution is 2.41. The van der Waals surface area contributed by atoms with Gasteiger partial charge in [-0.3, -0.25) is 19.5 Å². The molecule has 31 heavy (non-hydrogen) atoms. The number of hydrogen-bond donors (Lipinski definition) is 2. The fraction of sp³-hybridized carbons (Fsp3) is 0.0455. The Labute approximate surface area is 178 Å². The number of nitrogens with zero attached hydrogens (tertiary/aromatic N) is 2. The fourth-order valence-corrected chi connectivity index (χ4v) is 4.02. The SMILES string of the molecule is NS(=O)(=O)c1ccc(N2C(=O)C(=O)/C(=C(/O)c3ccccc3)C2c2cccnc2)cc1. The molecule has 1 aliphatic rings. The molecule has 9 heteroatoms. The first-order valence-corrected chi connectivity index (χ1v) is 10.7. The van der Waals surface area contributed by atoms with Crippen LogP contribution in [-0.2, 0) is 19.6 Å². The molecule has 156 valence electrons. The standard InChI is InChI=1S/C22H17N3O5S/c23-31(29,30)17-10-8-16(9-11-17)25-19(15-7-4-12-24-13-15)18(21(27)22(25)28)20(26)14-5-2-1-3-6-14/h1-13,19,26H,(H2,23,29,30)/b20-18+. The molecule has 0 saturated carbocycles. The number of amides is 1. The zero-order valence-electron chi connectivity index (χ0n) is 16.0. The van der Waals surface area contributed by atoms with Crippen LogP contribution in [0.4, 0.5) is 5.69 Å². The molecule has 0 radical (unpaired) electrons. The van der Waals surface area contributed by atoms with Crippen LogP contribution in [-0.4, -0.2) is 30.2 Å². The van der Waals surface area contributed by atoms with Gasteiger partial charge in [-0.2, -0.15) is 0 Å². The van der Waals surface area contributed by atoms with Gasteiger partial charge in [0.05, 0.1) is 16.5 Å². The van der Waals surface area contributed by atoms with Gasteiger partial charge >= 0.3 is 0 Å². The van der Waals surface area contributed by atoms with Crippen LogP contribution in [0.2, 0.25) is 0 Å². The highest BCUT2D eigenvalue weighted by Gasteiger charge is 2.47. The first-order chi connectivity index (χ1) is 14.8. The summed E-state index contributed by atoms with van der Waals surface area (Å²) in [6, 6.07) is 16.1. The first-order valence-electron chi connectivity index (χ1n) is 9.18. The van der Waals surface area contributed by atoms with E-state index >= 15 is 0 Å². The van der Waals surface area contributed by atoms with Gasteiger partial charge in [0, 0.05) is 23.6 Å². The zero-order chi connectivity index (χ0) is 22.2.